The van der Waals surface area contributed by atoms with Gasteiger partial charge in [-0.05, 0) is 36.6 Å². The van der Waals surface area contributed by atoms with Crippen LogP contribution in [0.2, 0.25) is 5.02 Å². The molecule has 4 heteroatoms. The van der Waals surface area contributed by atoms with Gasteiger partial charge in [-0.25, -0.2) is 0 Å². The van der Waals surface area contributed by atoms with Crippen LogP contribution in [-0.2, 0) is 4.79 Å². The number of hydrogen-bond acceptors (Lipinski definition) is 2. The quantitative estimate of drug-likeness (QED) is 0.838. The largest absolute Gasteiger partial charge is 0.388 e. The highest BCUT2D eigenvalue weighted by molar-refractivity contribution is 6.30. The first kappa shape index (κ1) is 15.1. The van der Waals surface area contributed by atoms with Crippen LogP contribution >= 0.6 is 11.6 Å². The minimum atomic E-state index is -0.720. The van der Waals surface area contributed by atoms with Crippen molar-refractivity contribution >= 4 is 23.6 Å². The number of aliphatic hydroxyl groups is 1. The molecule has 1 aliphatic carbocycles. The Morgan fingerprint density at radius 3 is 2.55 bits per heavy atom. The summed E-state index contributed by atoms with van der Waals surface area (Å²) in [4.78, 5) is 11.7. The van der Waals surface area contributed by atoms with Crippen molar-refractivity contribution in [3.05, 3.63) is 40.9 Å². The van der Waals surface area contributed by atoms with E-state index in [4.69, 9.17) is 11.6 Å². The molecule has 1 saturated carbocycles. The van der Waals surface area contributed by atoms with Crippen molar-refractivity contribution in [2.24, 2.45) is 0 Å². The zero-order chi connectivity index (χ0) is 14.4. The lowest BCUT2D eigenvalue weighted by Crippen LogP contribution is -2.43. The Morgan fingerprint density at radius 2 is 1.90 bits per heavy atom. The fourth-order valence-electron chi connectivity index (χ4n) is 2.44. The average Bonchev–Trinajstić information content (AvgIpc) is 2.45. The molecular formula is C16H20ClNO2. The molecule has 0 spiro atoms. The van der Waals surface area contributed by atoms with E-state index in [1.807, 2.05) is 12.1 Å². The summed E-state index contributed by atoms with van der Waals surface area (Å²) < 4.78 is 0. The minimum Gasteiger partial charge on any atom is -0.388 e. The summed E-state index contributed by atoms with van der Waals surface area (Å²) in [7, 11) is 0. The fourth-order valence-corrected chi connectivity index (χ4v) is 2.57. The van der Waals surface area contributed by atoms with E-state index in [0.717, 1.165) is 31.2 Å². The molecule has 1 fully saturated rings. The van der Waals surface area contributed by atoms with Crippen LogP contribution < -0.4 is 5.32 Å². The van der Waals surface area contributed by atoms with E-state index in [-0.39, 0.29) is 5.91 Å². The van der Waals surface area contributed by atoms with Crippen molar-refractivity contribution in [2.45, 2.75) is 37.7 Å². The van der Waals surface area contributed by atoms with Gasteiger partial charge in [-0.1, -0.05) is 43.0 Å². The zero-order valence-corrected chi connectivity index (χ0v) is 12.2. The van der Waals surface area contributed by atoms with Crippen LogP contribution in [0.4, 0.5) is 0 Å². The summed E-state index contributed by atoms with van der Waals surface area (Å²) in [6.45, 7) is 0.330. The smallest absolute Gasteiger partial charge is 0.244 e. The third-order valence-corrected chi connectivity index (χ3v) is 3.93. The second kappa shape index (κ2) is 6.91. The Kier molecular flexibility index (Phi) is 5.21. The summed E-state index contributed by atoms with van der Waals surface area (Å²) in [6.07, 6.45) is 8.00. The molecule has 1 aromatic carbocycles. The van der Waals surface area contributed by atoms with E-state index in [9.17, 15) is 9.90 Å². The van der Waals surface area contributed by atoms with Gasteiger partial charge in [0, 0.05) is 17.6 Å². The molecule has 0 saturated heterocycles. The maximum absolute atomic E-state index is 11.7. The molecule has 2 rings (SSSR count). The lowest BCUT2D eigenvalue weighted by Gasteiger charge is -2.31. The molecule has 1 aliphatic rings. The van der Waals surface area contributed by atoms with Crippen molar-refractivity contribution in [3.8, 4) is 0 Å². The number of rotatable bonds is 4. The van der Waals surface area contributed by atoms with E-state index in [1.54, 1.807) is 18.2 Å². The van der Waals surface area contributed by atoms with Crippen molar-refractivity contribution in [3.63, 3.8) is 0 Å². The number of hydrogen-bond donors (Lipinski definition) is 2. The van der Waals surface area contributed by atoms with Crippen LogP contribution in [0.15, 0.2) is 30.3 Å². The molecule has 3 nitrogen and oxygen atoms in total. The molecule has 2 N–H and O–H groups in total. The Hall–Kier alpha value is -1.32. The Morgan fingerprint density at radius 1 is 1.25 bits per heavy atom. The third kappa shape index (κ3) is 4.66. The molecule has 0 aromatic heterocycles. The molecule has 0 heterocycles. The van der Waals surface area contributed by atoms with Gasteiger partial charge in [0.2, 0.25) is 5.91 Å². The topological polar surface area (TPSA) is 49.3 Å². The van der Waals surface area contributed by atoms with Crippen LogP contribution in [0, 0.1) is 0 Å². The fraction of sp³-hybridized carbons (Fsp3) is 0.438. The van der Waals surface area contributed by atoms with Gasteiger partial charge in [-0.3, -0.25) is 4.79 Å². The van der Waals surface area contributed by atoms with E-state index in [1.165, 1.54) is 12.5 Å². The van der Waals surface area contributed by atoms with Crippen molar-refractivity contribution < 1.29 is 9.90 Å². The predicted octanol–water partition coefficient (Wildman–Crippen LogP) is 3.16. The van der Waals surface area contributed by atoms with Gasteiger partial charge >= 0.3 is 0 Å². The van der Waals surface area contributed by atoms with Gasteiger partial charge in [0.15, 0.2) is 0 Å². The molecular weight excluding hydrogens is 274 g/mol. The number of benzene rings is 1. The summed E-state index contributed by atoms with van der Waals surface area (Å²) >= 11 is 5.79. The first-order valence-corrected chi connectivity index (χ1v) is 7.39. The number of carbonyl (C=O) groups excluding carboxylic acids is 1. The lowest BCUT2D eigenvalue weighted by atomic mass is 9.85. The van der Waals surface area contributed by atoms with Crippen molar-refractivity contribution in [1.82, 2.24) is 5.32 Å². The van der Waals surface area contributed by atoms with Gasteiger partial charge in [0.25, 0.3) is 0 Å². The number of halogens is 1. The van der Waals surface area contributed by atoms with Gasteiger partial charge in [-0.15, -0.1) is 0 Å². The second-order valence-corrected chi connectivity index (χ2v) is 5.82. The van der Waals surface area contributed by atoms with Crippen LogP contribution in [0.1, 0.15) is 37.7 Å². The van der Waals surface area contributed by atoms with Crippen molar-refractivity contribution in [1.29, 1.82) is 0 Å². The molecule has 0 radical (unpaired) electrons. The minimum absolute atomic E-state index is 0.182. The summed E-state index contributed by atoms with van der Waals surface area (Å²) in [5.41, 5.74) is 0.197. The van der Waals surface area contributed by atoms with Crippen LogP contribution in [0.3, 0.4) is 0 Å². The van der Waals surface area contributed by atoms with E-state index in [0.29, 0.717) is 11.6 Å². The molecule has 108 valence electrons. The number of nitrogens with one attached hydrogen (secondary N) is 1. The zero-order valence-electron chi connectivity index (χ0n) is 11.4. The highest BCUT2D eigenvalue weighted by Crippen LogP contribution is 2.27. The number of carbonyl (C=O) groups is 1. The Labute approximate surface area is 124 Å². The summed E-state index contributed by atoms with van der Waals surface area (Å²) in [5, 5.41) is 13.7. The van der Waals surface area contributed by atoms with Crippen LogP contribution in [0.25, 0.3) is 6.08 Å². The van der Waals surface area contributed by atoms with Crippen molar-refractivity contribution in [2.75, 3.05) is 6.54 Å². The van der Waals surface area contributed by atoms with Gasteiger partial charge in [0.05, 0.1) is 5.60 Å². The molecule has 20 heavy (non-hydrogen) atoms. The maximum atomic E-state index is 11.7. The molecule has 1 aromatic rings. The molecule has 1 amide bonds. The lowest BCUT2D eigenvalue weighted by molar-refractivity contribution is -0.118. The van der Waals surface area contributed by atoms with Gasteiger partial charge < -0.3 is 10.4 Å². The van der Waals surface area contributed by atoms with Gasteiger partial charge in [0.1, 0.15) is 0 Å². The van der Waals surface area contributed by atoms with Gasteiger partial charge in [-0.2, -0.15) is 0 Å². The number of amides is 1. The van der Waals surface area contributed by atoms with E-state index in [2.05, 4.69) is 5.32 Å². The van der Waals surface area contributed by atoms with Crippen LogP contribution in [0.5, 0.6) is 0 Å². The van der Waals surface area contributed by atoms with E-state index < -0.39 is 5.60 Å². The molecule has 0 atom stereocenters. The predicted molar refractivity (Wildman–Crippen MR) is 81.5 cm³/mol. The second-order valence-electron chi connectivity index (χ2n) is 5.39. The summed E-state index contributed by atoms with van der Waals surface area (Å²) in [6, 6.07) is 7.26. The first-order valence-electron chi connectivity index (χ1n) is 7.01. The monoisotopic (exact) mass is 293 g/mol. The molecule has 0 unspecified atom stereocenters. The Balaban J connectivity index is 1.81. The van der Waals surface area contributed by atoms with Crippen LogP contribution in [-0.4, -0.2) is 23.2 Å². The SMILES string of the molecule is O=C(C=Cc1ccc(Cl)cc1)NCC1(O)CCCCC1. The first-order chi connectivity index (χ1) is 9.57. The summed E-state index contributed by atoms with van der Waals surface area (Å²) in [5.74, 6) is -0.182. The third-order valence-electron chi connectivity index (χ3n) is 3.67. The highest BCUT2D eigenvalue weighted by atomic mass is 35.5. The molecule has 0 aliphatic heterocycles. The average molecular weight is 294 g/mol. The molecule has 0 bridgehead atoms. The maximum Gasteiger partial charge on any atom is 0.244 e. The Bertz CT molecular complexity index is 476. The van der Waals surface area contributed by atoms with E-state index >= 15 is 0 Å². The highest BCUT2D eigenvalue weighted by Gasteiger charge is 2.29. The normalized spacial score (nSPS) is 18.1. The standard InChI is InChI=1S/C16H20ClNO2/c17-14-7-4-13(5-8-14)6-9-15(19)18-12-16(20)10-2-1-3-11-16/h4-9,20H,1-3,10-12H2,(H,18,19).